The molecule has 0 amide bonds. The Labute approximate surface area is 238 Å². The number of carbonyl (C=O) groups excluding carboxylic acids is 1. The van der Waals surface area contributed by atoms with Gasteiger partial charge in [-0.2, -0.15) is 0 Å². The molecule has 5 rings (SSSR count). The minimum atomic E-state index is 0. The summed E-state index contributed by atoms with van der Waals surface area (Å²) in [6.45, 7) is 15.8. The van der Waals surface area contributed by atoms with Crippen LogP contribution in [0.15, 0.2) is 60.1 Å². The van der Waals surface area contributed by atoms with E-state index < -0.39 is 0 Å². The van der Waals surface area contributed by atoms with Crippen molar-refractivity contribution in [2.45, 2.75) is 71.8 Å². The molecule has 0 aromatic heterocycles. The van der Waals surface area contributed by atoms with Gasteiger partial charge >= 0.3 is 0 Å². The first-order valence-corrected chi connectivity index (χ1v) is 14.7. The van der Waals surface area contributed by atoms with Crippen molar-refractivity contribution in [2.75, 3.05) is 33.2 Å². The maximum atomic E-state index is 11.2. The van der Waals surface area contributed by atoms with Gasteiger partial charge < -0.3 is 4.90 Å². The molecule has 2 aliphatic heterocycles. The number of carbonyl (C=O) groups is 1. The van der Waals surface area contributed by atoms with E-state index in [1.807, 2.05) is 38.1 Å². The lowest BCUT2D eigenvalue weighted by atomic mass is 9.72. The molecule has 2 heterocycles. The minimum Gasteiger partial charge on any atom is -0.304 e. The average molecular weight is 538 g/mol. The van der Waals surface area contributed by atoms with Gasteiger partial charge in [0.2, 0.25) is 0 Å². The number of ketones is 1. The van der Waals surface area contributed by atoms with Gasteiger partial charge in [-0.05, 0) is 88.1 Å². The number of aliphatic imine (C=N–C) groups is 1. The van der Waals surface area contributed by atoms with Gasteiger partial charge in [-0.15, -0.1) is 6.58 Å². The summed E-state index contributed by atoms with van der Waals surface area (Å²) in [7, 11) is 2.22. The van der Waals surface area contributed by atoms with Gasteiger partial charge in [-0.1, -0.05) is 48.9 Å². The Morgan fingerprint density at radius 2 is 1.77 bits per heavy atom. The fraction of sp³-hybridized carbons (Fsp3) is 0.529. The predicted octanol–water partition coefficient (Wildman–Crippen LogP) is 8.24. The summed E-state index contributed by atoms with van der Waals surface area (Å²) in [4.78, 5) is 21.2. The van der Waals surface area contributed by atoms with Crippen LogP contribution in [0.2, 0.25) is 0 Å². The Balaban J connectivity index is 0.000000514. The third-order valence-corrected chi connectivity index (χ3v) is 8.70. The molecule has 1 atom stereocenters. The summed E-state index contributed by atoms with van der Waals surface area (Å²) in [5.74, 6) is 2.42. The van der Waals surface area contributed by atoms with Crippen molar-refractivity contribution in [1.82, 2.24) is 9.80 Å². The van der Waals surface area contributed by atoms with Crippen molar-refractivity contribution in [3.8, 4) is 0 Å². The lowest BCUT2D eigenvalue weighted by Crippen LogP contribution is -2.43. The zero-order valence-corrected chi connectivity index (χ0v) is 24.5. The maximum Gasteiger partial charge on any atom is 0.162 e. The van der Waals surface area contributed by atoms with Crippen molar-refractivity contribution >= 4 is 17.2 Å². The normalized spacial score (nSPS) is 23.1. The Morgan fingerprint density at radius 1 is 1.05 bits per heavy atom. The number of hydrogen-bond acceptors (Lipinski definition) is 4. The highest BCUT2D eigenvalue weighted by Gasteiger charge is 2.34. The monoisotopic (exact) mass is 537 g/mol. The van der Waals surface area contributed by atoms with Gasteiger partial charge in [0.15, 0.2) is 5.78 Å². The number of rotatable bonds is 7. The van der Waals surface area contributed by atoms with Crippen LogP contribution in [0.3, 0.4) is 0 Å². The van der Waals surface area contributed by atoms with E-state index in [0.29, 0.717) is 12.3 Å². The third kappa shape index (κ3) is 8.18. The summed E-state index contributed by atoms with van der Waals surface area (Å²) in [5, 5.41) is 0. The zero-order chi connectivity index (χ0) is 27.1. The number of hydrogen-bond donors (Lipinski definition) is 0. The molecule has 0 N–H and O–H groups in total. The van der Waals surface area contributed by atoms with E-state index in [9.17, 15) is 4.79 Å². The summed E-state index contributed by atoms with van der Waals surface area (Å²) in [5.41, 5.74) is 7.47. The molecule has 0 spiro atoms. The van der Waals surface area contributed by atoms with E-state index in [4.69, 9.17) is 4.99 Å². The molecule has 1 aliphatic carbocycles. The zero-order valence-electron chi connectivity index (χ0n) is 24.5. The minimum absolute atomic E-state index is 0. The van der Waals surface area contributed by atoms with Crippen LogP contribution >= 0.6 is 0 Å². The quantitative estimate of drug-likeness (QED) is 0.264. The smallest absolute Gasteiger partial charge is 0.162 e. The standard InChI is InChI=1S/C24H35N3.C10H12O.FH.2H2/c1-4-5-19-6-9-21(10-7-19)24-18(2)25-23-16-20(8-11-22(23)24)17-27-14-12-26(3)13-15-27;1-3-10(11)9-6-4-5-8(2)7-9;;;/h4,8,11,16,19,21,24H,1,5-7,9-10,12-15,17H2,2-3H3;4-7H,3H2,1-2H3;3*1H. The van der Waals surface area contributed by atoms with Crippen molar-refractivity contribution < 1.29 is 12.4 Å². The van der Waals surface area contributed by atoms with E-state index in [0.717, 1.165) is 29.5 Å². The first-order valence-electron chi connectivity index (χ1n) is 14.7. The molecule has 3 aliphatic rings. The average Bonchev–Trinajstić information content (AvgIpc) is 3.25. The van der Waals surface area contributed by atoms with E-state index in [1.165, 1.54) is 80.8 Å². The van der Waals surface area contributed by atoms with Gasteiger partial charge in [0, 0.05) is 59.2 Å². The first-order chi connectivity index (χ1) is 18.4. The van der Waals surface area contributed by atoms with Crippen LogP contribution in [0, 0.1) is 18.8 Å². The number of likely N-dealkylation sites (N-methyl/N-ethyl adjacent to an activating group) is 1. The second-order valence-electron chi connectivity index (χ2n) is 11.7. The molecule has 2 aromatic carbocycles. The molecule has 1 unspecified atom stereocenters. The van der Waals surface area contributed by atoms with Crippen LogP contribution in [0.4, 0.5) is 10.4 Å². The van der Waals surface area contributed by atoms with Crippen molar-refractivity contribution in [1.29, 1.82) is 0 Å². The lowest BCUT2D eigenvalue weighted by Gasteiger charge is -2.33. The molecular weight excluding hydrogens is 485 g/mol. The molecule has 39 heavy (non-hydrogen) atoms. The molecule has 1 saturated carbocycles. The Kier molecular flexibility index (Phi) is 11.6. The lowest BCUT2D eigenvalue weighted by molar-refractivity contribution is 0.0988. The van der Waals surface area contributed by atoms with Crippen LogP contribution in [0.25, 0.3) is 0 Å². The number of benzene rings is 2. The molecule has 5 heteroatoms. The second-order valence-corrected chi connectivity index (χ2v) is 11.7. The summed E-state index contributed by atoms with van der Waals surface area (Å²) < 4.78 is 0. The van der Waals surface area contributed by atoms with Crippen LogP contribution in [0.5, 0.6) is 0 Å². The van der Waals surface area contributed by atoms with Gasteiger partial charge in [0.05, 0.1) is 5.69 Å². The van der Waals surface area contributed by atoms with E-state index in [1.54, 1.807) is 0 Å². The Bertz CT molecular complexity index is 1140. The van der Waals surface area contributed by atoms with E-state index in [2.05, 4.69) is 54.6 Å². The number of allylic oxidation sites excluding steroid dienone is 1. The Hall–Kier alpha value is -2.63. The van der Waals surface area contributed by atoms with Crippen LogP contribution in [-0.2, 0) is 6.54 Å². The third-order valence-electron chi connectivity index (χ3n) is 8.70. The largest absolute Gasteiger partial charge is 0.304 e. The predicted molar refractivity (Wildman–Crippen MR) is 168 cm³/mol. The molecule has 0 bridgehead atoms. The van der Waals surface area contributed by atoms with Crippen LogP contribution < -0.4 is 0 Å². The fourth-order valence-electron chi connectivity index (χ4n) is 6.41. The van der Waals surface area contributed by atoms with E-state index >= 15 is 0 Å². The van der Waals surface area contributed by atoms with Gasteiger partial charge in [0.25, 0.3) is 0 Å². The molecule has 0 radical (unpaired) electrons. The first kappa shape index (κ1) is 30.9. The number of aryl methyl sites for hydroxylation is 1. The molecule has 216 valence electrons. The number of nitrogens with zero attached hydrogens (tertiary/aromatic N) is 3. The van der Waals surface area contributed by atoms with Crippen molar-refractivity contribution in [3.05, 3.63) is 77.4 Å². The van der Waals surface area contributed by atoms with Gasteiger partial charge in [-0.3, -0.25) is 19.4 Å². The molecule has 2 fully saturated rings. The molecule has 1 saturated heterocycles. The number of halogens is 1. The van der Waals surface area contributed by atoms with Crippen LogP contribution in [-0.4, -0.2) is 54.5 Å². The number of fused-ring (bicyclic) bond motifs is 1. The fourth-order valence-corrected chi connectivity index (χ4v) is 6.41. The number of piperazine rings is 1. The molecule has 4 nitrogen and oxygen atoms in total. The Morgan fingerprint density at radius 3 is 2.41 bits per heavy atom. The highest BCUT2D eigenvalue weighted by Crippen LogP contribution is 2.46. The van der Waals surface area contributed by atoms with E-state index in [-0.39, 0.29) is 13.3 Å². The highest BCUT2D eigenvalue weighted by molar-refractivity contribution is 5.97. The van der Waals surface area contributed by atoms with Crippen molar-refractivity contribution in [3.63, 3.8) is 0 Å². The summed E-state index contributed by atoms with van der Waals surface area (Å²) in [6.07, 6.45) is 9.29. The van der Waals surface area contributed by atoms with Crippen molar-refractivity contribution in [2.24, 2.45) is 16.8 Å². The van der Waals surface area contributed by atoms with Gasteiger partial charge in [-0.25, -0.2) is 0 Å². The maximum absolute atomic E-state index is 11.2. The van der Waals surface area contributed by atoms with Gasteiger partial charge in [0.1, 0.15) is 0 Å². The molecular formula is C34H52FN3O. The molecule has 2 aromatic rings. The van der Waals surface area contributed by atoms with Crippen LogP contribution in [0.1, 0.15) is 88.2 Å². The SMILES string of the molecule is C=CCC1CCC(C2C(C)=Nc3cc(CN4CCN(C)CC4)ccc32)CC1.CCC(=O)c1cccc(C)c1.F.[HH].[HH]. The second kappa shape index (κ2) is 14.7. The summed E-state index contributed by atoms with van der Waals surface area (Å²) in [6, 6.07) is 14.8. The summed E-state index contributed by atoms with van der Waals surface area (Å²) >= 11 is 0. The topological polar surface area (TPSA) is 35.9 Å². The number of Topliss-reactive ketones (excluding diaryl/α,β-unsaturated/α-hetero) is 1. The highest BCUT2D eigenvalue weighted by atomic mass is 19.0.